The summed E-state index contributed by atoms with van der Waals surface area (Å²) in [6.45, 7) is 4.49. The van der Waals surface area contributed by atoms with Crippen LogP contribution in [0.3, 0.4) is 0 Å². The average molecular weight is 262 g/mol. The number of allylic oxidation sites excluding steroid dienone is 1. The van der Waals surface area contributed by atoms with Gasteiger partial charge in [0.1, 0.15) is 0 Å². The molecule has 2 heteroatoms. The van der Waals surface area contributed by atoms with E-state index in [4.69, 9.17) is 4.74 Å². The number of ether oxygens (including phenoxy) is 1. The van der Waals surface area contributed by atoms with Gasteiger partial charge in [0, 0.05) is 17.8 Å². The third-order valence-electron chi connectivity index (χ3n) is 3.57. The van der Waals surface area contributed by atoms with Crippen LogP contribution in [0.5, 0.6) is 0 Å². The van der Waals surface area contributed by atoms with Crippen LogP contribution in [0.15, 0.2) is 41.3 Å². The molecule has 0 saturated heterocycles. The number of benzene rings is 1. The van der Waals surface area contributed by atoms with E-state index in [1.165, 1.54) is 10.5 Å². The minimum Gasteiger partial charge on any atom is -0.377 e. The predicted molar refractivity (Wildman–Crippen MR) is 79.2 cm³/mol. The predicted octanol–water partition coefficient (Wildman–Crippen LogP) is 4.46. The molecule has 0 unspecified atom stereocenters. The van der Waals surface area contributed by atoms with Gasteiger partial charge >= 0.3 is 0 Å². The van der Waals surface area contributed by atoms with Gasteiger partial charge in [-0.2, -0.15) is 0 Å². The highest BCUT2D eigenvalue weighted by molar-refractivity contribution is 7.99. The number of hydrogen-bond acceptors (Lipinski definition) is 2. The van der Waals surface area contributed by atoms with Crippen molar-refractivity contribution in [2.24, 2.45) is 5.41 Å². The van der Waals surface area contributed by atoms with E-state index in [-0.39, 0.29) is 0 Å². The van der Waals surface area contributed by atoms with E-state index in [9.17, 15) is 0 Å². The van der Waals surface area contributed by atoms with E-state index in [1.54, 1.807) is 7.11 Å². The molecule has 0 N–H and O–H groups in total. The lowest BCUT2D eigenvalue weighted by Crippen LogP contribution is -2.28. The standard InChI is InChI=1S/C16H22OS/c1-13-6-8-15(9-7-13)18-12-16(2)10-4-5-14(11-16)17-3/h4-9,14H,10-12H2,1-3H3/t14-,16+/m0/s1. The molecule has 0 amide bonds. The SMILES string of the molecule is CO[C@H]1C=CC[C@@](C)(CSc2ccc(C)cc2)C1. The summed E-state index contributed by atoms with van der Waals surface area (Å²) in [6, 6.07) is 8.80. The molecule has 18 heavy (non-hydrogen) atoms. The van der Waals surface area contributed by atoms with Gasteiger partial charge in [0.15, 0.2) is 0 Å². The minimum absolute atomic E-state index is 0.294. The summed E-state index contributed by atoms with van der Waals surface area (Å²) < 4.78 is 5.46. The van der Waals surface area contributed by atoms with Crippen molar-refractivity contribution in [3.63, 3.8) is 0 Å². The Morgan fingerprint density at radius 3 is 2.72 bits per heavy atom. The second-order valence-electron chi connectivity index (χ2n) is 5.52. The van der Waals surface area contributed by atoms with E-state index >= 15 is 0 Å². The van der Waals surface area contributed by atoms with Crippen molar-refractivity contribution in [3.8, 4) is 0 Å². The van der Waals surface area contributed by atoms with Crippen molar-refractivity contribution < 1.29 is 4.74 Å². The molecule has 2 rings (SSSR count). The molecule has 2 atom stereocenters. The molecule has 0 aromatic heterocycles. The molecule has 1 aliphatic rings. The van der Waals surface area contributed by atoms with Crippen LogP contribution in [-0.2, 0) is 4.74 Å². The lowest BCUT2D eigenvalue weighted by Gasteiger charge is -2.34. The fourth-order valence-corrected chi connectivity index (χ4v) is 3.39. The van der Waals surface area contributed by atoms with Crippen LogP contribution < -0.4 is 0 Å². The van der Waals surface area contributed by atoms with E-state index in [0.29, 0.717) is 11.5 Å². The molecular formula is C16H22OS. The Kier molecular flexibility index (Phi) is 4.52. The molecule has 0 aliphatic heterocycles. The zero-order valence-electron chi connectivity index (χ0n) is 11.5. The van der Waals surface area contributed by atoms with Gasteiger partial charge in [0.2, 0.25) is 0 Å². The first-order valence-corrected chi connectivity index (χ1v) is 7.49. The van der Waals surface area contributed by atoms with Crippen LogP contribution in [0.25, 0.3) is 0 Å². The largest absolute Gasteiger partial charge is 0.377 e. The molecule has 1 aromatic carbocycles. The van der Waals surface area contributed by atoms with Crippen LogP contribution in [0.2, 0.25) is 0 Å². The molecule has 1 aliphatic carbocycles. The van der Waals surface area contributed by atoms with E-state index in [2.05, 4.69) is 50.3 Å². The van der Waals surface area contributed by atoms with Crippen LogP contribution in [0.1, 0.15) is 25.3 Å². The number of thioether (sulfide) groups is 1. The van der Waals surface area contributed by atoms with Crippen LogP contribution in [-0.4, -0.2) is 19.0 Å². The van der Waals surface area contributed by atoms with E-state index < -0.39 is 0 Å². The summed E-state index contributed by atoms with van der Waals surface area (Å²) in [5, 5.41) is 0. The molecule has 0 spiro atoms. The van der Waals surface area contributed by atoms with Crippen molar-refractivity contribution in [2.75, 3.05) is 12.9 Å². The lowest BCUT2D eigenvalue weighted by atomic mass is 9.79. The molecule has 98 valence electrons. The van der Waals surface area contributed by atoms with Gasteiger partial charge in [-0.05, 0) is 37.3 Å². The maximum absolute atomic E-state index is 5.46. The first-order valence-electron chi connectivity index (χ1n) is 6.50. The monoisotopic (exact) mass is 262 g/mol. The van der Waals surface area contributed by atoms with E-state index in [0.717, 1.165) is 18.6 Å². The molecule has 1 nitrogen and oxygen atoms in total. The zero-order valence-corrected chi connectivity index (χ0v) is 12.3. The number of hydrogen-bond donors (Lipinski definition) is 0. The quantitative estimate of drug-likeness (QED) is 0.585. The molecule has 0 fully saturated rings. The molecular weight excluding hydrogens is 240 g/mol. The minimum atomic E-state index is 0.294. The van der Waals surface area contributed by atoms with Gasteiger partial charge in [0.25, 0.3) is 0 Å². The van der Waals surface area contributed by atoms with E-state index in [1.807, 2.05) is 11.8 Å². The fraction of sp³-hybridized carbons (Fsp3) is 0.500. The number of methoxy groups -OCH3 is 1. The van der Waals surface area contributed by atoms with Crippen molar-refractivity contribution in [1.82, 2.24) is 0 Å². The van der Waals surface area contributed by atoms with Crippen molar-refractivity contribution >= 4 is 11.8 Å². The van der Waals surface area contributed by atoms with Crippen molar-refractivity contribution in [1.29, 1.82) is 0 Å². The highest BCUT2D eigenvalue weighted by atomic mass is 32.2. The first kappa shape index (κ1) is 13.7. The number of aryl methyl sites for hydroxylation is 1. The Bertz CT molecular complexity index is 410. The van der Waals surface area contributed by atoms with Gasteiger partial charge in [0.05, 0.1) is 6.10 Å². The highest BCUT2D eigenvalue weighted by Gasteiger charge is 2.29. The van der Waals surface area contributed by atoms with Gasteiger partial charge < -0.3 is 4.74 Å². The topological polar surface area (TPSA) is 9.23 Å². The van der Waals surface area contributed by atoms with Crippen molar-refractivity contribution in [3.05, 3.63) is 42.0 Å². The zero-order chi connectivity index (χ0) is 13.0. The van der Waals surface area contributed by atoms with Gasteiger partial charge in [-0.25, -0.2) is 0 Å². The molecule has 0 radical (unpaired) electrons. The average Bonchev–Trinajstić information content (AvgIpc) is 2.38. The third kappa shape index (κ3) is 3.63. The highest BCUT2D eigenvalue weighted by Crippen LogP contribution is 2.38. The van der Waals surface area contributed by atoms with Gasteiger partial charge in [-0.15, -0.1) is 11.8 Å². The summed E-state index contributed by atoms with van der Waals surface area (Å²) in [4.78, 5) is 1.37. The Hall–Kier alpha value is -0.730. The second-order valence-corrected chi connectivity index (χ2v) is 6.57. The maximum Gasteiger partial charge on any atom is 0.0757 e. The summed E-state index contributed by atoms with van der Waals surface area (Å²) in [6.07, 6.45) is 7.04. The Labute approximate surface area is 115 Å². The van der Waals surface area contributed by atoms with Crippen LogP contribution >= 0.6 is 11.8 Å². The van der Waals surface area contributed by atoms with Crippen LogP contribution in [0.4, 0.5) is 0 Å². The van der Waals surface area contributed by atoms with Crippen molar-refractivity contribution in [2.45, 2.75) is 37.7 Å². The first-order chi connectivity index (χ1) is 8.61. The normalized spacial score (nSPS) is 27.4. The smallest absolute Gasteiger partial charge is 0.0757 e. The maximum atomic E-state index is 5.46. The third-order valence-corrected chi connectivity index (χ3v) is 5.01. The molecule has 0 saturated carbocycles. The van der Waals surface area contributed by atoms with Gasteiger partial charge in [-0.3, -0.25) is 0 Å². The number of rotatable bonds is 4. The summed E-state index contributed by atoms with van der Waals surface area (Å²) in [5.74, 6) is 1.15. The Morgan fingerprint density at radius 1 is 1.33 bits per heavy atom. The Balaban J connectivity index is 1.93. The molecule has 0 heterocycles. The lowest BCUT2D eigenvalue weighted by molar-refractivity contribution is 0.0907. The molecule has 0 bridgehead atoms. The molecule has 1 aromatic rings. The second kappa shape index (κ2) is 5.94. The fourth-order valence-electron chi connectivity index (χ4n) is 2.31. The summed E-state index contributed by atoms with van der Waals surface area (Å²) >= 11 is 1.96. The Morgan fingerprint density at radius 2 is 2.06 bits per heavy atom. The summed E-state index contributed by atoms with van der Waals surface area (Å²) in [7, 11) is 1.80. The summed E-state index contributed by atoms with van der Waals surface area (Å²) in [5.41, 5.74) is 1.68. The van der Waals surface area contributed by atoms with Crippen LogP contribution in [0, 0.1) is 12.3 Å². The van der Waals surface area contributed by atoms with Gasteiger partial charge in [-0.1, -0.05) is 36.8 Å².